The van der Waals surface area contributed by atoms with Crippen LogP contribution >= 0.6 is 0 Å². The number of urea groups is 1. The monoisotopic (exact) mass is 858 g/mol. The Morgan fingerprint density at radius 2 is 1.52 bits per heavy atom. The number of benzene rings is 2. The third-order valence-corrected chi connectivity index (χ3v) is 13.5. The van der Waals surface area contributed by atoms with Gasteiger partial charge in [-0.05, 0) is 67.9 Å². The number of carbonyl (C=O) groups excluding carboxylic acids is 4. The van der Waals surface area contributed by atoms with Crippen LogP contribution in [0.4, 0.5) is 15.3 Å². The fourth-order valence-electron chi connectivity index (χ4n) is 9.83. The Bertz CT molecular complexity index is 2110. The van der Waals surface area contributed by atoms with Crippen molar-refractivity contribution in [3.8, 4) is 0 Å². The summed E-state index contributed by atoms with van der Waals surface area (Å²) >= 11 is 0. The lowest BCUT2D eigenvalue weighted by atomic mass is 9.99. The molecule has 0 aliphatic carbocycles. The molecular weight excluding hydrogens is 797 g/mol. The number of piperidine rings is 2. The van der Waals surface area contributed by atoms with E-state index in [-0.39, 0.29) is 30.4 Å². The molecule has 1 N–H and O–H groups in total. The Kier molecular flexibility index (Phi) is 14.1. The van der Waals surface area contributed by atoms with E-state index in [2.05, 4.69) is 20.0 Å². The molecule has 4 fully saturated rings. The first-order chi connectivity index (χ1) is 30.1. The molecule has 6 heterocycles. The molecule has 8 rings (SSSR count). The molecule has 0 unspecified atom stereocenters. The lowest BCUT2D eigenvalue weighted by Gasteiger charge is -2.43. The molecular formula is C45H62N8O9. The second-order valence-electron chi connectivity index (χ2n) is 17.4. The zero-order valence-corrected chi connectivity index (χ0v) is 36.3. The molecule has 1 atom stereocenters. The molecule has 17 nitrogen and oxygen atoms in total. The van der Waals surface area contributed by atoms with E-state index >= 15 is 0 Å². The highest BCUT2D eigenvalue weighted by molar-refractivity contribution is 5.91. The predicted molar refractivity (Wildman–Crippen MR) is 231 cm³/mol. The van der Waals surface area contributed by atoms with Crippen molar-refractivity contribution in [2.75, 3.05) is 110 Å². The van der Waals surface area contributed by atoms with Crippen LogP contribution in [0.2, 0.25) is 0 Å². The fraction of sp³-hybridized carbons (Fsp3) is 0.622. The first kappa shape index (κ1) is 43.7. The van der Waals surface area contributed by atoms with E-state index in [1.54, 1.807) is 18.0 Å². The number of ether oxygens (including phenoxy) is 3. The summed E-state index contributed by atoms with van der Waals surface area (Å²) in [7, 11) is 1.66. The van der Waals surface area contributed by atoms with Crippen LogP contribution in [0, 0.1) is 6.92 Å². The number of morpholine rings is 1. The number of hydrogen-bond acceptors (Lipinski definition) is 12. The summed E-state index contributed by atoms with van der Waals surface area (Å²) in [5.41, 5.74) is 4.61. The number of aromatic nitrogens is 1. The average Bonchev–Trinajstić information content (AvgIpc) is 3.47. The average molecular weight is 859 g/mol. The summed E-state index contributed by atoms with van der Waals surface area (Å²) in [4.78, 5) is 78.7. The number of carbonyl (C=O) groups is 4. The van der Waals surface area contributed by atoms with Crippen molar-refractivity contribution in [3.63, 3.8) is 0 Å². The molecule has 1 aromatic heterocycles. The summed E-state index contributed by atoms with van der Waals surface area (Å²) in [5.74, 6) is -0.856. The summed E-state index contributed by atoms with van der Waals surface area (Å²) in [6.45, 7) is 13.0. The van der Waals surface area contributed by atoms with E-state index in [9.17, 15) is 24.0 Å². The predicted octanol–water partition coefficient (Wildman–Crippen LogP) is 2.92. The smallest absolute Gasteiger partial charge is 0.419 e. The normalized spacial score (nSPS) is 20.7. The van der Waals surface area contributed by atoms with E-state index in [0.29, 0.717) is 82.3 Å². The number of likely N-dealkylation sites (tertiary alicyclic amines) is 2. The third-order valence-electron chi connectivity index (χ3n) is 13.5. The highest BCUT2D eigenvalue weighted by Gasteiger charge is 2.37. The number of rotatable bonds is 12. The summed E-state index contributed by atoms with van der Waals surface area (Å²) in [6, 6.07) is 11.7. The number of oxazole rings is 1. The number of piperazine rings is 1. The van der Waals surface area contributed by atoms with Crippen LogP contribution in [0.15, 0.2) is 45.6 Å². The lowest BCUT2D eigenvalue weighted by molar-refractivity contribution is -0.145. The molecule has 0 bridgehead atoms. The van der Waals surface area contributed by atoms with E-state index in [1.807, 2.05) is 47.1 Å². The maximum atomic E-state index is 14.4. The standard InChI is InChI=1S/C45H62N8O9/c1-32-29-33(30-38-41(32)47(2)44(57)61-38)31-39(62-45(58)52-16-10-36(11-17-52)53-18-7-34-5-3-4-6-37(34)46-43(53)56)42(55)51-14-8-35(9-15-51)50-21-19-48(20-22-50)13-12-40(54)60-28-25-49-23-26-59-27-24-49/h3-6,29-30,35-36,39H,7-28,31H2,1-2H3,(H,46,56)/t39-/m1/s1. The van der Waals surface area contributed by atoms with E-state index in [4.69, 9.17) is 18.6 Å². The Labute approximate surface area is 362 Å². The van der Waals surface area contributed by atoms with Gasteiger partial charge in [0.25, 0.3) is 5.91 Å². The van der Waals surface area contributed by atoms with E-state index < -0.39 is 18.0 Å². The minimum absolute atomic E-state index is 0.0232. The Balaban J connectivity index is 0.836. The van der Waals surface area contributed by atoms with Gasteiger partial charge in [-0.25, -0.2) is 14.4 Å². The minimum Gasteiger partial charge on any atom is -0.464 e. The maximum absolute atomic E-state index is 14.4. The quantitative estimate of drug-likeness (QED) is 0.266. The second-order valence-corrected chi connectivity index (χ2v) is 17.4. The van der Waals surface area contributed by atoms with Crippen LogP contribution in [-0.2, 0) is 43.7 Å². The molecule has 0 saturated carbocycles. The van der Waals surface area contributed by atoms with Gasteiger partial charge in [-0.2, -0.15) is 0 Å². The highest BCUT2D eigenvalue weighted by Crippen LogP contribution is 2.27. The van der Waals surface area contributed by atoms with Crippen LogP contribution in [0.1, 0.15) is 48.8 Å². The molecule has 2 aromatic carbocycles. The fourth-order valence-corrected chi connectivity index (χ4v) is 9.83. The van der Waals surface area contributed by atoms with Crippen molar-refractivity contribution in [2.24, 2.45) is 7.05 Å². The zero-order chi connectivity index (χ0) is 43.2. The van der Waals surface area contributed by atoms with Gasteiger partial charge >= 0.3 is 23.8 Å². The highest BCUT2D eigenvalue weighted by atomic mass is 16.6. The minimum atomic E-state index is -1.08. The molecule has 3 aromatic rings. The molecule has 4 saturated heterocycles. The SMILES string of the molecule is Cc1cc(C[C@@H](OC(=O)N2CCC(N3CCc4ccccc4NC3=O)CC2)C(=O)N2CCC(N3CCN(CCC(=O)OCCN4CCOCC4)CC3)CC2)cc2oc(=O)n(C)c12. The van der Waals surface area contributed by atoms with Crippen LogP contribution in [0.3, 0.4) is 0 Å². The molecule has 336 valence electrons. The number of nitrogens with one attached hydrogen (secondary N) is 1. The summed E-state index contributed by atoms with van der Waals surface area (Å²) in [6.07, 6.45) is 2.47. The van der Waals surface area contributed by atoms with Gasteiger partial charge in [-0.3, -0.25) is 24.0 Å². The van der Waals surface area contributed by atoms with Gasteiger partial charge in [0.1, 0.15) is 6.61 Å². The number of esters is 1. The number of anilines is 1. The molecule has 62 heavy (non-hydrogen) atoms. The largest absolute Gasteiger partial charge is 0.464 e. The number of para-hydroxylation sites is 1. The second kappa shape index (κ2) is 20.0. The van der Waals surface area contributed by atoms with E-state index in [1.165, 1.54) is 4.57 Å². The van der Waals surface area contributed by atoms with Crippen molar-refractivity contribution in [1.29, 1.82) is 0 Å². The van der Waals surface area contributed by atoms with Crippen LogP contribution in [0.25, 0.3) is 11.1 Å². The summed E-state index contributed by atoms with van der Waals surface area (Å²) < 4.78 is 24.0. The van der Waals surface area contributed by atoms with Gasteiger partial charge in [0.15, 0.2) is 11.7 Å². The van der Waals surface area contributed by atoms with Gasteiger partial charge in [0.2, 0.25) is 0 Å². The van der Waals surface area contributed by atoms with Crippen molar-refractivity contribution >= 4 is 40.8 Å². The molecule has 0 radical (unpaired) electrons. The zero-order valence-electron chi connectivity index (χ0n) is 36.3. The van der Waals surface area contributed by atoms with Gasteiger partial charge in [0, 0.05) is 116 Å². The van der Waals surface area contributed by atoms with Crippen LogP contribution in [0.5, 0.6) is 0 Å². The van der Waals surface area contributed by atoms with Crippen molar-refractivity contribution in [2.45, 2.75) is 70.1 Å². The van der Waals surface area contributed by atoms with Crippen molar-refractivity contribution in [1.82, 2.24) is 34.0 Å². The van der Waals surface area contributed by atoms with Crippen molar-refractivity contribution in [3.05, 3.63) is 63.6 Å². The van der Waals surface area contributed by atoms with Crippen molar-refractivity contribution < 1.29 is 37.8 Å². The first-order valence-corrected chi connectivity index (χ1v) is 22.5. The number of nitrogens with zero attached hydrogens (tertiary/aromatic N) is 7. The van der Waals surface area contributed by atoms with Gasteiger partial charge < -0.3 is 43.5 Å². The number of amides is 4. The first-order valence-electron chi connectivity index (χ1n) is 22.5. The number of fused-ring (bicyclic) bond motifs is 2. The lowest BCUT2D eigenvalue weighted by Crippen LogP contribution is -2.55. The summed E-state index contributed by atoms with van der Waals surface area (Å²) in [5, 5.41) is 3.05. The van der Waals surface area contributed by atoms with Crippen LogP contribution in [-0.4, -0.2) is 181 Å². The maximum Gasteiger partial charge on any atom is 0.419 e. The molecule has 5 aliphatic rings. The Morgan fingerprint density at radius 3 is 2.27 bits per heavy atom. The van der Waals surface area contributed by atoms with E-state index in [0.717, 1.165) is 101 Å². The number of aryl methyl sites for hydroxylation is 2. The van der Waals surface area contributed by atoms with Gasteiger partial charge in [-0.15, -0.1) is 0 Å². The molecule has 0 spiro atoms. The van der Waals surface area contributed by atoms with Gasteiger partial charge in [-0.1, -0.05) is 24.3 Å². The van der Waals surface area contributed by atoms with Crippen LogP contribution < -0.4 is 11.1 Å². The van der Waals surface area contributed by atoms with Gasteiger partial charge in [0.05, 0.1) is 25.2 Å². The topological polar surface area (TPSA) is 163 Å². The third kappa shape index (κ3) is 10.4. The Hall–Kier alpha value is -4.97. The number of hydrogen-bond donors (Lipinski definition) is 1. The Morgan fingerprint density at radius 1 is 0.823 bits per heavy atom. The molecule has 4 amide bonds. The molecule has 17 heteroatoms. The molecule has 5 aliphatic heterocycles.